The lowest BCUT2D eigenvalue weighted by molar-refractivity contribution is -0.135. The molecular weight excluding hydrogens is 715 g/mol. The van der Waals surface area contributed by atoms with Crippen LogP contribution in [0.1, 0.15) is 75.6 Å². The predicted octanol–water partition coefficient (Wildman–Crippen LogP) is 6.35. The van der Waals surface area contributed by atoms with Crippen LogP contribution in [0.5, 0.6) is 0 Å². The van der Waals surface area contributed by atoms with Crippen LogP contribution >= 0.6 is 11.3 Å². The van der Waals surface area contributed by atoms with E-state index in [0.29, 0.717) is 25.4 Å². The van der Waals surface area contributed by atoms with E-state index < -0.39 is 42.1 Å². The molecule has 0 saturated carbocycles. The van der Waals surface area contributed by atoms with Gasteiger partial charge in [0.1, 0.15) is 18.7 Å². The molecule has 0 aliphatic carbocycles. The molecule has 296 valence electrons. The summed E-state index contributed by atoms with van der Waals surface area (Å²) >= 11 is 1.37. The fourth-order valence-corrected chi connectivity index (χ4v) is 7.29. The number of nitrogens with zero attached hydrogens (tertiary/aromatic N) is 2. The van der Waals surface area contributed by atoms with Gasteiger partial charge in [0.15, 0.2) is 0 Å². The zero-order chi connectivity index (χ0) is 39.9. The molecule has 11 nitrogen and oxygen atoms in total. The number of benzene rings is 3. The molecule has 1 heterocycles. The Bertz CT molecular complexity index is 1840. The summed E-state index contributed by atoms with van der Waals surface area (Å²) in [6.45, 7) is 13.0. The number of nitrogens with one attached hydrogen (secondary N) is 3. The second kappa shape index (κ2) is 21.3. The normalized spacial score (nSPS) is 14.0. The largest absolute Gasteiger partial charge is 0.445 e. The van der Waals surface area contributed by atoms with Gasteiger partial charge in [-0.25, -0.2) is 9.78 Å². The minimum atomic E-state index is -1.15. The Kier molecular flexibility index (Phi) is 16.6. The molecule has 3 aromatic carbocycles. The molecule has 2 unspecified atom stereocenters. The fraction of sp³-hybridized carbons (Fsp3) is 0.465. The highest BCUT2D eigenvalue weighted by atomic mass is 32.1. The average molecular weight is 772 g/mol. The van der Waals surface area contributed by atoms with Crippen molar-refractivity contribution < 1.29 is 29.0 Å². The number of thiazole rings is 1. The Morgan fingerprint density at radius 3 is 2.20 bits per heavy atom. The highest BCUT2D eigenvalue weighted by Crippen LogP contribution is 2.21. The minimum Gasteiger partial charge on any atom is -0.445 e. The first-order valence-corrected chi connectivity index (χ1v) is 20.2. The summed E-state index contributed by atoms with van der Waals surface area (Å²) in [5.41, 5.74) is 4.05. The summed E-state index contributed by atoms with van der Waals surface area (Å²) in [7, 11) is 0. The SMILES string of the molecule is CCC(C)CN(CC)C(=O)C[C@H](O)[C@H](CC(C)C)NC(=O)C(Cc1scnc1C)NC(=O)[C@H](Cc1cccc2ccccc12)NC(=O)OCc1ccccc1. The van der Waals surface area contributed by atoms with E-state index in [2.05, 4.69) is 34.8 Å². The van der Waals surface area contributed by atoms with E-state index >= 15 is 0 Å². The zero-order valence-electron chi connectivity index (χ0n) is 32.9. The van der Waals surface area contributed by atoms with Crippen molar-refractivity contribution in [1.82, 2.24) is 25.8 Å². The number of fused-ring (bicyclic) bond motifs is 1. The number of aromatic nitrogens is 1. The summed E-state index contributed by atoms with van der Waals surface area (Å²) in [5.74, 6) is -0.862. The lowest BCUT2D eigenvalue weighted by Crippen LogP contribution is -2.57. The summed E-state index contributed by atoms with van der Waals surface area (Å²) in [6.07, 6.45) is -0.462. The van der Waals surface area contributed by atoms with E-state index in [1.807, 2.05) is 100 Å². The van der Waals surface area contributed by atoms with Crippen molar-refractivity contribution in [2.75, 3.05) is 13.1 Å². The van der Waals surface area contributed by atoms with Crippen LogP contribution in [-0.2, 0) is 38.6 Å². The van der Waals surface area contributed by atoms with E-state index in [1.54, 1.807) is 10.4 Å². The molecule has 4 aromatic rings. The van der Waals surface area contributed by atoms with Gasteiger partial charge in [-0.15, -0.1) is 11.3 Å². The fourth-order valence-electron chi connectivity index (χ4n) is 6.46. The number of carbonyl (C=O) groups is 4. The number of aliphatic hydroxyl groups excluding tert-OH is 1. The van der Waals surface area contributed by atoms with Gasteiger partial charge in [0.05, 0.1) is 29.8 Å². The number of rotatable bonds is 20. The molecule has 0 fully saturated rings. The molecule has 0 saturated heterocycles. The summed E-state index contributed by atoms with van der Waals surface area (Å²) in [6, 6.07) is 19.9. The highest BCUT2D eigenvalue weighted by molar-refractivity contribution is 7.09. The molecule has 1 aromatic heterocycles. The minimum absolute atomic E-state index is 0.0146. The Hall–Kier alpha value is -4.81. The number of carbonyl (C=O) groups excluding carboxylic acids is 4. The maximum Gasteiger partial charge on any atom is 0.408 e. The smallest absolute Gasteiger partial charge is 0.408 e. The summed E-state index contributed by atoms with van der Waals surface area (Å²) < 4.78 is 5.51. The Morgan fingerprint density at radius 2 is 1.53 bits per heavy atom. The van der Waals surface area contributed by atoms with Crippen LogP contribution in [0, 0.1) is 18.8 Å². The van der Waals surface area contributed by atoms with Crippen LogP contribution in [0.3, 0.4) is 0 Å². The second-order valence-electron chi connectivity index (χ2n) is 14.7. The van der Waals surface area contributed by atoms with Gasteiger partial charge in [0, 0.05) is 30.8 Å². The van der Waals surface area contributed by atoms with Crippen molar-refractivity contribution in [2.45, 2.75) is 104 Å². The first kappa shape index (κ1) is 42.9. The molecule has 0 aliphatic heterocycles. The van der Waals surface area contributed by atoms with Crippen molar-refractivity contribution in [3.05, 3.63) is 100 Å². The Morgan fingerprint density at radius 1 is 0.855 bits per heavy atom. The van der Waals surface area contributed by atoms with Crippen LogP contribution in [0.2, 0.25) is 0 Å². The van der Waals surface area contributed by atoms with Gasteiger partial charge in [-0.05, 0) is 54.0 Å². The molecule has 4 amide bonds. The number of hydrogen-bond donors (Lipinski definition) is 4. The Labute approximate surface area is 329 Å². The number of aryl methyl sites for hydroxylation is 1. The summed E-state index contributed by atoms with van der Waals surface area (Å²) in [5, 5.41) is 22.0. The van der Waals surface area contributed by atoms with Crippen LogP contribution in [0.15, 0.2) is 78.3 Å². The second-order valence-corrected chi connectivity index (χ2v) is 15.6. The first-order chi connectivity index (χ1) is 26.4. The monoisotopic (exact) mass is 771 g/mol. The maximum atomic E-state index is 14.3. The lowest BCUT2D eigenvalue weighted by Gasteiger charge is -2.30. The molecule has 55 heavy (non-hydrogen) atoms. The van der Waals surface area contributed by atoms with Gasteiger partial charge in [-0.3, -0.25) is 14.4 Å². The molecule has 4 rings (SSSR count). The third-order valence-electron chi connectivity index (χ3n) is 9.86. The van der Waals surface area contributed by atoms with E-state index in [4.69, 9.17) is 4.74 Å². The topological polar surface area (TPSA) is 150 Å². The van der Waals surface area contributed by atoms with Crippen molar-refractivity contribution >= 4 is 45.9 Å². The third-order valence-corrected chi connectivity index (χ3v) is 10.8. The molecule has 0 radical (unpaired) electrons. The number of hydrogen-bond acceptors (Lipinski definition) is 8. The predicted molar refractivity (Wildman–Crippen MR) is 217 cm³/mol. The lowest BCUT2D eigenvalue weighted by atomic mass is 9.95. The van der Waals surface area contributed by atoms with E-state index in [-0.39, 0.29) is 37.7 Å². The average Bonchev–Trinajstić information content (AvgIpc) is 3.58. The van der Waals surface area contributed by atoms with Gasteiger partial charge in [0.2, 0.25) is 17.7 Å². The van der Waals surface area contributed by atoms with E-state index in [0.717, 1.165) is 38.9 Å². The molecule has 0 spiro atoms. The van der Waals surface area contributed by atoms with Gasteiger partial charge in [0.25, 0.3) is 0 Å². The van der Waals surface area contributed by atoms with Crippen molar-refractivity contribution in [3.8, 4) is 0 Å². The van der Waals surface area contributed by atoms with Gasteiger partial charge < -0.3 is 30.7 Å². The van der Waals surface area contributed by atoms with Crippen LogP contribution in [0.25, 0.3) is 10.8 Å². The third kappa shape index (κ3) is 13.2. The molecule has 4 N–H and O–H groups in total. The summed E-state index contributed by atoms with van der Waals surface area (Å²) in [4.78, 5) is 62.0. The number of ether oxygens (including phenoxy) is 1. The molecule has 0 bridgehead atoms. The van der Waals surface area contributed by atoms with Crippen LogP contribution < -0.4 is 16.0 Å². The molecule has 0 aliphatic rings. The van der Waals surface area contributed by atoms with Crippen LogP contribution in [-0.4, -0.2) is 76.1 Å². The maximum absolute atomic E-state index is 14.3. The first-order valence-electron chi connectivity index (χ1n) is 19.3. The van der Waals surface area contributed by atoms with Gasteiger partial charge >= 0.3 is 6.09 Å². The number of alkyl carbamates (subject to hydrolysis) is 1. The molecular formula is C43H57N5O6S. The standard InChI is InChI=1S/C43H57N5O6S/c1-7-29(5)25-48(8-2)40(50)24-38(49)35(21-28(3)4)45-42(52)37(23-39-30(6)44-27-55-39)46-41(51)36(47-43(53)54-26-31-15-10-9-11-16-31)22-33-19-14-18-32-17-12-13-20-34(32)33/h9-20,27-29,35-38,49H,7-8,21-26H2,1-6H3,(H,45,52)(H,46,51)(H,47,53)/t29?,35-,36-,37?,38-/m0/s1. The van der Waals surface area contributed by atoms with Crippen molar-refractivity contribution in [1.29, 1.82) is 0 Å². The van der Waals surface area contributed by atoms with Crippen molar-refractivity contribution in [3.63, 3.8) is 0 Å². The molecule has 12 heteroatoms. The van der Waals surface area contributed by atoms with Gasteiger partial charge in [-0.1, -0.05) is 107 Å². The zero-order valence-corrected chi connectivity index (χ0v) is 33.7. The highest BCUT2D eigenvalue weighted by Gasteiger charge is 2.33. The number of amides is 4. The van der Waals surface area contributed by atoms with Crippen LogP contribution in [0.4, 0.5) is 4.79 Å². The van der Waals surface area contributed by atoms with E-state index in [9.17, 15) is 24.3 Å². The van der Waals surface area contributed by atoms with Crippen molar-refractivity contribution in [2.24, 2.45) is 11.8 Å². The van der Waals surface area contributed by atoms with Gasteiger partial charge in [-0.2, -0.15) is 0 Å². The molecule has 5 atom stereocenters. The van der Waals surface area contributed by atoms with E-state index in [1.165, 1.54) is 11.3 Å². The number of aliphatic hydroxyl groups is 1. The quantitative estimate of drug-likeness (QED) is 0.0819. The Balaban J connectivity index is 1.58.